The van der Waals surface area contributed by atoms with Gasteiger partial charge in [-0.05, 0) is 24.1 Å². The summed E-state index contributed by atoms with van der Waals surface area (Å²) in [7, 11) is 0. The van der Waals surface area contributed by atoms with Crippen LogP contribution in [0.15, 0.2) is 24.3 Å². The molecule has 3 aliphatic rings. The van der Waals surface area contributed by atoms with Gasteiger partial charge in [-0.25, -0.2) is 4.39 Å². The lowest BCUT2D eigenvalue weighted by molar-refractivity contribution is -0.151. The molecule has 3 saturated heterocycles. The van der Waals surface area contributed by atoms with Gasteiger partial charge in [0.1, 0.15) is 5.82 Å². The van der Waals surface area contributed by atoms with Gasteiger partial charge >= 0.3 is 0 Å². The molecule has 0 aromatic heterocycles. The van der Waals surface area contributed by atoms with E-state index in [-0.39, 0.29) is 35.3 Å². The largest absolute Gasteiger partial charge is 0.392 e. The third kappa shape index (κ3) is 4.29. The molecule has 3 fully saturated rings. The van der Waals surface area contributed by atoms with Crippen LogP contribution >= 0.6 is 0 Å². The maximum Gasteiger partial charge on any atom is 0.224 e. The van der Waals surface area contributed by atoms with Gasteiger partial charge < -0.3 is 15.3 Å². The molecule has 0 radical (unpaired) electrons. The number of piperazine rings is 1. The summed E-state index contributed by atoms with van der Waals surface area (Å²) in [4.78, 5) is 30.4. The van der Waals surface area contributed by atoms with Crippen LogP contribution in [0.5, 0.6) is 0 Å². The van der Waals surface area contributed by atoms with E-state index in [1.54, 1.807) is 0 Å². The molecule has 0 aliphatic carbocycles. The van der Waals surface area contributed by atoms with E-state index in [4.69, 9.17) is 0 Å². The lowest BCUT2D eigenvalue weighted by atomic mass is 9.83. The van der Waals surface area contributed by atoms with Gasteiger partial charge in [0.15, 0.2) is 0 Å². The second-order valence-corrected chi connectivity index (χ2v) is 8.70. The first kappa shape index (κ1) is 20.3. The Bertz CT molecular complexity index is 766. The summed E-state index contributed by atoms with van der Waals surface area (Å²) in [6, 6.07) is 6.75. The molecular formula is C21H29FN4O3. The van der Waals surface area contributed by atoms with Crippen LogP contribution in [0.2, 0.25) is 0 Å². The topological polar surface area (TPSA) is 76.1 Å². The van der Waals surface area contributed by atoms with Gasteiger partial charge in [0.2, 0.25) is 11.8 Å². The number of hydrogen-bond acceptors (Lipinski definition) is 5. The average Bonchev–Trinajstić information content (AvgIpc) is 3.02. The monoisotopic (exact) mass is 404 g/mol. The van der Waals surface area contributed by atoms with Gasteiger partial charge in [-0.1, -0.05) is 12.1 Å². The Morgan fingerprint density at radius 1 is 1.21 bits per heavy atom. The van der Waals surface area contributed by atoms with Gasteiger partial charge in [-0.15, -0.1) is 0 Å². The number of amides is 2. The van der Waals surface area contributed by atoms with E-state index in [1.807, 2.05) is 17.0 Å². The summed E-state index contributed by atoms with van der Waals surface area (Å²) in [6.07, 6.45) is 0.636. The molecule has 4 rings (SSSR count). The van der Waals surface area contributed by atoms with Crippen molar-refractivity contribution in [1.29, 1.82) is 0 Å². The Morgan fingerprint density at radius 3 is 2.62 bits per heavy atom. The molecule has 1 aromatic carbocycles. The van der Waals surface area contributed by atoms with E-state index in [9.17, 15) is 19.1 Å². The molecule has 2 unspecified atom stereocenters. The van der Waals surface area contributed by atoms with Crippen molar-refractivity contribution >= 4 is 11.8 Å². The maximum absolute atomic E-state index is 13.1. The van der Waals surface area contributed by atoms with E-state index >= 15 is 0 Å². The number of likely N-dealkylation sites (tertiary alicyclic amines) is 1. The fraction of sp³-hybridized carbons (Fsp3) is 0.619. The van der Waals surface area contributed by atoms with Crippen LogP contribution in [0.25, 0.3) is 0 Å². The zero-order valence-corrected chi connectivity index (χ0v) is 16.8. The lowest BCUT2D eigenvalue weighted by Crippen LogP contribution is -2.78. The van der Waals surface area contributed by atoms with Gasteiger partial charge in [0.25, 0.3) is 0 Å². The first-order valence-corrected chi connectivity index (χ1v) is 10.3. The molecule has 2 amide bonds. The zero-order chi connectivity index (χ0) is 20.6. The van der Waals surface area contributed by atoms with Crippen molar-refractivity contribution in [3.63, 3.8) is 0 Å². The number of nitrogens with zero attached hydrogens (tertiary/aromatic N) is 3. The van der Waals surface area contributed by atoms with Crippen molar-refractivity contribution in [3.8, 4) is 0 Å². The highest BCUT2D eigenvalue weighted by molar-refractivity contribution is 5.78. The Labute approximate surface area is 170 Å². The summed E-state index contributed by atoms with van der Waals surface area (Å²) in [6.45, 7) is 6.13. The maximum atomic E-state index is 13.1. The molecule has 158 valence electrons. The lowest BCUT2D eigenvalue weighted by Gasteiger charge is -2.61. The van der Waals surface area contributed by atoms with Crippen molar-refractivity contribution in [2.24, 2.45) is 0 Å². The number of aliphatic hydroxyl groups excluding tert-OH is 1. The quantitative estimate of drug-likeness (QED) is 0.733. The molecule has 1 aromatic rings. The average molecular weight is 404 g/mol. The number of carbonyl (C=O) groups is 2. The predicted molar refractivity (Wildman–Crippen MR) is 105 cm³/mol. The molecule has 0 bridgehead atoms. The van der Waals surface area contributed by atoms with Crippen molar-refractivity contribution in [1.82, 2.24) is 20.0 Å². The summed E-state index contributed by atoms with van der Waals surface area (Å²) >= 11 is 0. The number of halogens is 1. The first-order valence-electron chi connectivity index (χ1n) is 10.3. The summed E-state index contributed by atoms with van der Waals surface area (Å²) in [5, 5.41) is 12.9. The van der Waals surface area contributed by atoms with Crippen LogP contribution in [-0.2, 0) is 16.1 Å². The number of β-amino-alcohol motifs (C(OH)–C–C–N with tert-alkyl or cyclic N) is 1. The third-order valence-electron chi connectivity index (χ3n) is 6.34. The number of nitrogens with one attached hydrogen (secondary N) is 1. The van der Waals surface area contributed by atoms with Gasteiger partial charge in [0.05, 0.1) is 11.6 Å². The summed E-state index contributed by atoms with van der Waals surface area (Å²) in [5.74, 6) is -0.312. The minimum atomic E-state index is -0.350. The van der Waals surface area contributed by atoms with Gasteiger partial charge in [-0.3, -0.25) is 19.4 Å². The second kappa shape index (κ2) is 8.01. The molecule has 29 heavy (non-hydrogen) atoms. The number of benzene rings is 1. The zero-order valence-electron chi connectivity index (χ0n) is 16.8. The summed E-state index contributed by atoms with van der Waals surface area (Å²) in [5.41, 5.74) is 0.933. The Morgan fingerprint density at radius 2 is 1.93 bits per heavy atom. The Balaban J connectivity index is 1.40. The van der Waals surface area contributed by atoms with E-state index < -0.39 is 0 Å². The number of fused-ring (bicyclic) bond motifs is 2. The van der Waals surface area contributed by atoms with Crippen LogP contribution in [0.3, 0.4) is 0 Å². The van der Waals surface area contributed by atoms with Gasteiger partial charge in [-0.2, -0.15) is 0 Å². The minimum Gasteiger partial charge on any atom is -0.392 e. The van der Waals surface area contributed by atoms with Crippen molar-refractivity contribution in [3.05, 3.63) is 35.6 Å². The molecular weight excluding hydrogens is 375 g/mol. The smallest absolute Gasteiger partial charge is 0.224 e. The Kier molecular flexibility index (Phi) is 5.59. The van der Waals surface area contributed by atoms with Crippen LogP contribution in [0, 0.1) is 5.82 Å². The molecule has 1 spiro atoms. The normalized spacial score (nSPS) is 26.2. The van der Waals surface area contributed by atoms with Crippen molar-refractivity contribution in [2.45, 2.75) is 44.0 Å². The fourth-order valence-electron chi connectivity index (χ4n) is 5.13. The SMILES string of the molecule is CC(=O)NCCC(=O)N1CC2CC(O)CN2C2(CN(Cc3ccc(F)cc3)C2)C1. The van der Waals surface area contributed by atoms with E-state index in [1.165, 1.54) is 19.1 Å². The second-order valence-electron chi connectivity index (χ2n) is 8.70. The highest BCUT2D eigenvalue weighted by Crippen LogP contribution is 2.39. The molecule has 2 N–H and O–H groups in total. The number of carbonyl (C=O) groups excluding carboxylic acids is 2. The van der Waals surface area contributed by atoms with Gasteiger partial charge in [0, 0.05) is 65.2 Å². The molecule has 3 heterocycles. The number of hydrogen-bond donors (Lipinski definition) is 2. The van der Waals surface area contributed by atoms with Crippen LogP contribution in [-0.4, -0.2) is 88.6 Å². The van der Waals surface area contributed by atoms with Crippen molar-refractivity contribution < 1.29 is 19.1 Å². The minimum absolute atomic E-state index is 0.0520. The van der Waals surface area contributed by atoms with Crippen LogP contribution in [0.1, 0.15) is 25.3 Å². The molecule has 0 saturated carbocycles. The molecule has 7 nitrogen and oxygen atoms in total. The fourth-order valence-corrected chi connectivity index (χ4v) is 5.13. The molecule has 3 aliphatic heterocycles. The van der Waals surface area contributed by atoms with E-state index in [0.29, 0.717) is 39.0 Å². The highest BCUT2D eigenvalue weighted by Gasteiger charge is 2.56. The van der Waals surface area contributed by atoms with Crippen LogP contribution < -0.4 is 5.32 Å². The number of aliphatic hydroxyl groups is 1. The standard InChI is InChI=1S/C21H29FN4O3/c1-15(27)23-7-6-20(29)25-10-18-8-19(28)11-26(18)21(14-25)12-24(13-21)9-16-2-4-17(22)5-3-16/h2-5,18-19,28H,6-14H2,1H3,(H,23,27). The Hall–Kier alpha value is -2.03. The first-order chi connectivity index (χ1) is 13.8. The predicted octanol–water partition coefficient (Wildman–Crippen LogP) is 0.184. The highest BCUT2D eigenvalue weighted by atomic mass is 19.1. The van der Waals surface area contributed by atoms with E-state index in [2.05, 4.69) is 15.1 Å². The third-order valence-corrected chi connectivity index (χ3v) is 6.34. The molecule has 8 heteroatoms. The van der Waals surface area contributed by atoms with Crippen LogP contribution in [0.4, 0.5) is 4.39 Å². The molecule has 2 atom stereocenters. The number of rotatable bonds is 5. The van der Waals surface area contributed by atoms with E-state index in [0.717, 1.165) is 25.2 Å². The summed E-state index contributed by atoms with van der Waals surface area (Å²) < 4.78 is 13.1. The van der Waals surface area contributed by atoms with Crippen molar-refractivity contribution in [2.75, 3.05) is 39.3 Å².